The smallest absolute Gasteiger partial charge is 0.435 e. The maximum Gasteiger partial charge on any atom is 0.435 e. The number of carbonyl (C=O) groups is 1. The number of halogens is 3. The lowest BCUT2D eigenvalue weighted by atomic mass is 10.1. The highest BCUT2D eigenvalue weighted by molar-refractivity contribution is 7.91. The summed E-state index contributed by atoms with van der Waals surface area (Å²) in [4.78, 5) is 13.3. The van der Waals surface area contributed by atoms with Crippen LogP contribution in [0.15, 0.2) is 47.4 Å². The van der Waals surface area contributed by atoms with Gasteiger partial charge < -0.3 is 10.1 Å². The van der Waals surface area contributed by atoms with Gasteiger partial charge in [0.05, 0.1) is 9.73 Å². The number of aromatic nitrogens is 2. The molecular weight excluding hydrogens is 469 g/mol. The largest absolute Gasteiger partial charge is 0.437 e. The molecule has 7 nitrogen and oxygen atoms in total. The van der Waals surface area contributed by atoms with E-state index in [9.17, 15) is 22.2 Å². The van der Waals surface area contributed by atoms with E-state index >= 15 is 0 Å². The summed E-state index contributed by atoms with van der Waals surface area (Å²) in [5, 5.41) is 9.35. The number of benzene rings is 2. The predicted octanol–water partition coefficient (Wildman–Crippen LogP) is 5.75. The van der Waals surface area contributed by atoms with Crippen LogP contribution in [0.25, 0.3) is 0 Å². The van der Waals surface area contributed by atoms with E-state index in [2.05, 4.69) is 15.5 Å². The summed E-state index contributed by atoms with van der Waals surface area (Å²) in [5.74, 6) is -0.946. The molecule has 3 aromatic rings. The van der Waals surface area contributed by atoms with Crippen LogP contribution in [-0.2, 0) is 22.3 Å². The maximum absolute atomic E-state index is 13.5. The Balaban J connectivity index is 2.09. The first-order valence-corrected chi connectivity index (χ1v) is 12.1. The molecule has 0 spiro atoms. The van der Waals surface area contributed by atoms with Gasteiger partial charge in [-0.3, -0.25) is 4.79 Å². The molecule has 0 saturated carbocycles. The van der Waals surface area contributed by atoms with Crippen molar-refractivity contribution in [3.63, 3.8) is 0 Å². The van der Waals surface area contributed by atoms with E-state index in [1.807, 2.05) is 19.9 Å². The second-order valence-electron chi connectivity index (χ2n) is 7.74. The van der Waals surface area contributed by atoms with Gasteiger partial charge in [-0.1, -0.05) is 30.7 Å². The van der Waals surface area contributed by atoms with E-state index in [1.54, 1.807) is 12.1 Å². The second-order valence-corrected chi connectivity index (χ2v) is 9.90. The summed E-state index contributed by atoms with van der Waals surface area (Å²) < 4.78 is 66.0. The Morgan fingerprint density at radius 1 is 1.15 bits per heavy atom. The van der Waals surface area contributed by atoms with E-state index in [0.29, 0.717) is 12.2 Å². The molecule has 1 atom stereocenters. The molecule has 2 aromatic carbocycles. The molecule has 1 heterocycles. The molecule has 34 heavy (non-hydrogen) atoms. The predicted molar refractivity (Wildman–Crippen MR) is 122 cm³/mol. The van der Waals surface area contributed by atoms with Crippen molar-refractivity contribution in [1.29, 1.82) is 4.78 Å². The second kappa shape index (κ2) is 9.41. The zero-order valence-corrected chi connectivity index (χ0v) is 19.7. The first kappa shape index (κ1) is 25.2. The van der Waals surface area contributed by atoms with Gasteiger partial charge in [-0.25, -0.2) is 8.99 Å². The van der Waals surface area contributed by atoms with Crippen LogP contribution in [0.4, 0.5) is 18.9 Å². The van der Waals surface area contributed by atoms with Crippen molar-refractivity contribution in [1.82, 2.24) is 10.2 Å². The Bertz CT molecular complexity index is 1360. The van der Waals surface area contributed by atoms with Gasteiger partial charge in [0.1, 0.15) is 11.3 Å². The standard InChI is InChI=1S/C23H23F3N4O3S/c1-5-15-11-13(2)9-10-18(15)33-22-19(14(3)20(29-30-22)23(24,25)26)21(31)28-16-7-6-8-17(12-16)34(4,27)32/h6-12,27H,5H2,1-4H3,(H,28,31). The summed E-state index contributed by atoms with van der Waals surface area (Å²) in [6, 6.07) is 11.0. The number of ether oxygens (including phenoxy) is 1. The van der Waals surface area contributed by atoms with E-state index < -0.39 is 38.6 Å². The number of rotatable bonds is 6. The van der Waals surface area contributed by atoms with Gasteiger partial charge in [0.2, 0.25) is 0 Å². The van der Waals surface area contributed by atoms with Crippen molar-refractivity contribution in [2.24, 2.45) is 0 Å². The highest BCUT2D eigenvalue weighted by atomic mass is 32.2. The topological polar surface area (TPSA) is 105 Å². The minimum absolute atomic E-state index is 0.157. The zero-order valence-electron chi connectivity index (χ0n) is 18.9. The van der Waals surface area contributed by atoms with Crippen molar-refractivity contribution >= 4 is 21.3 Å². The third-order valence-electron chi connectivity index (χ3n) is 5.03. The van der Waals surface area contributed by atoms with Crippen LogP contribution in [-0.4, -0.2) is 26.6 Å². The third kappa shape index (κ3) is 5.53. The molecule has 11 heteroatoms. The number of anilines is 1. The van der Waals surface area contributed by atoms with E-state index in [0.717, 1.165) is 18.1 Å². The number of hydrogen-bond acceptors (Lipinski definition) is 6. The first-order chi connectivity index (χ1) is 15.8. The minimum atomic E-state index is -4.83. The SMILES string of the molecule is CCc1cc(C)ccc1Oc1nnc(C(F)(F)F)c(C)c1C(=O)Nc1cccc(S(C)(=N)=O)c1. The van der Waals surface area contributed by atoms with Gasteiger partial charge in [-0.2, -0.15) is 13.2 Å². The van der Waals surface area contributed by atoms with Gasteiger partial charge in [0.25, 0.3) is 11.8 Å². The van der Waals surface area contributed by atoms with Crippen LogP contribution in [0.2, 0.25) is 0 Å². The molecule has 0 aliphatic heterocycles. The molecule has 0 aliphatic rings. The normalized spacial score (nSPS) is 13.3. The fourth-order valence-corrected chi connectivity index (χ4v) is 4.00. The third-order valence-corrected chi connectivity index (χ3v) is 6.18. The Morgan fingerprint density at radius 2 is 1.85 bits per heavy atom. The van der Waals surface area contributed by atoms with Crippen LogP contribution in [0.5, 0.6) is 11.6 Å². The number of carbonyl (C=O) groups excluding carboxylic acids is 1. The average Bonchev–Trinajstić information content (AvgIpc) is 2.73. The van der Waals surface area contributed by atoms with Crippen LogP contribution in [0.3, 0.4) is 0 Å². The Labute approximate surface area is 195 Å². The quantitative estimate of drug-likeness (QED) is 0.456. The molecule has 180 valence electrons. The van der Waals surface area contributed by atoms with Gasteiger partial charge in [-0.05, 0) is 55.7 Å². The minimum Gasteiger partial charge on any atom is -0.437 e. The molecule has 1 aromatic heterocycles. The lowest BCUT2D eigenvalue weighted by Crippen LogP contribution is -2.21. The molecule has 0 fully saturated rings. The van der Waals surface area contributed by atoms with Crippen molar-refractivity contribution in [3.05, 3.63) is 70.4 Å². The highest BCUT2D eigenvalue weighted by Crippen LogP contribution is 2.36. The maximum atomic E-state index is 13.5. The van der Waals surface area contributed by atoms with Gasteiger partial charge in [0, 0.05) is 16.8 Å². The summed E-state index contributed by atoms with van der Waals surface area (Å²) in [6.45, 7) is 4.90. The van der Waals surface area contributed by atoms with E-state index in [4.69, 9.17) is 9.52 Å². The van der Waals surface area contributed by atoms with Crippen LogP contribution < -0.4 is 10.1 Å². The number of amides is 1. The molecule has 1 amide bonds. The van der Waals surface area contributed by atoms with Crippen LogP contribution in [0, 0.1) is 18.6 Å². The number of nitrogens with one attached hydrogen (secondary N) is 2. The summed E-state index contributed by atoms with van der Waals surface area (Å²) >= 11 is 0. The van der Waals surface area contributed by atoms with Crippen LogP contribution in [0.1, 0.15) is 39.7 Å². The number of alkyl halides is 3. The fraction of sp³-hybridized carbons (Fsp3) is 0.261. The van der Waals surface area contributed by atoms with Gasteiger partial charge in [0.15, 0.2) is 5.69 Å². The Morgan fingerprint density at radius 3 is 2.47 bits per heavy atom. The van der Waals surface area contributed by atoms with Gasteiger partial charge in [-0.15, -0.1) is 10.2 Å². The van der Waals surface area contributed by atoms with Crippen molar-refractivity contribution in [3.8, 4) is 11.6 Å². The van der Waals surface area contributed by atoms with Crippen LogP contribution >= 0.6 is 0 Å². The lowest BCUT2D eigenvalue weighted by Gasteiger charge is -2.17. The monoisotopic (exact) mass is 492 g/mol. The molecule has 3 rings (SSSR count). The van der Waals surface area contributed by atoms with E-state index in [-0.39, 0.29) is 16.5 Å². The van der Waals surface area contributed by atoms with Crippen molar-refractivity contribution < 1.29 is 26.9 Å². The molecular formula is C23H23F3N4O3S. The summed E-state index contributed by atoms with van der Waals surface area (Å²) in [5.41, 5.74) is -0.273. The first-order valence-electron chi connectivity index (χ1n) is 10.2. The van der Waals surface area contributed by atoms with Gasteiger partial charge >= 0.3 is 6.18 Å². The molecule has 0 saturated heterocycles. The molecule has 0 aliphatic carbocycles. The Kier molecular flexibility index (Phi) is 6.97. The van der Waals surface area contributed by atoms with E-state index in [1.165, 1.54) is 30.5 Å². The van der Waals surface area contributed by atoms with Crippen molar-refractivity contribution in [2.45, 2.75) is 38.3 Å². The average molecular weight is 493 g/mol. The zero-order chi connectivity index (χ0) is 25.3. The molecule has 2 N–H and O–H groups in total. The number of hydrogen-bond donors (Lipinski definition) is 2. The summed E-state index contributed by atoms with van der Waals surface area (Å²) in [6.07, 6.45) is -3.02. The summed E-state index contributed by atoms with van der Waals surface area (Å²) in [7, 11) is -3.07. The number of aryl methyl sites for hydroxylation is 2. The number of nitrogens with zero attached hydrogens (tertiary/aromatic N) is 2. The van der Waals surface area contributed by atoms with Crippen molar-refractivity contribution in [2.75, 3.05) is 11.6 Å². The molecule has 1 unspecified atom stereocenters. The lowest BCUT2D eigenvalue weighted by molar-refractivity contribution is -0.142. The molecule has 0 radical (unpaired) electrons. The molecule has 0 bridgehead atoms. The highest BCUT2D eigenvalue weighted by Gasteiger charge is 2.38. The Hall–Kier alpha value is -3.47. The fourth-order valence-electron chi connectivity index (χ4n) is 3.31.